The van der Waals surface area contributed by atoms with E-state index in [2.05, 4.69) is 39.8 Å². The van der Waals surface area contributed by atoms with E-state index in [-0.39, 0.29) is 12.1 Å². The van der Waals surface area contributed by atoms with Gasteiger partial charge in [0.2, 0.25) is 0 Å². The zero-order chi connectivity index (χ0) is 36.7. The van der Waals surface area contributed by atoms with Crippen molar-refractivity contribution in [2.75, 3.05) is 20.6 Å². The Kier molecular flexibility index (Phi) is 18.7. The molecule has 52 heavy (non-hydrogen) atoms. The minimum atomic E-state index is 0.0423. The van der Waals surface area contributed by atoms with Gasteiger partial charge in [-0.25, -0.2) is 0 Å². The van der Waals surface area contributed by atoms with Gasteiger partial charge in [-0.3, -0.25) is 4.79 Å². The maximum absolute atomic E-state index is 12.7. The van der Waals surface area contributed by atoms with E-state index >= 15 is 0 Å². The normalized spacial score (nSPS) is 32.5. The molecule has 0 aliphatic heterocycles. The van der Waals surface area contributed by atoms with Crippen LogP contribution in [0.5, 0.6) is 0 Å². The fraction of sp³-hybridized carbons (Fsp3) is 0.980. The van der Waals surface area contributed by atoms with Crippen molar-refractivity contribution in [3.05, 3.63) is 0 Å². The van der Waals surface area contributed by atoms with Gasteiger partial charge in [0.25, 0.3) is 0 Å². The topological polar surface area (TPSA) is 29.5 Å². The fourth-order valence-corrected chi connectivity index (χ4v) is 11.0. The molecule has 0 amide bonds. The van der Waals surface area contributed by atoms with Crippen molar-refractivity contribution >= 4 is 5.97 Å². The first-order valence-corrected chi connectivity index (χ1v) is 24.2. The molecule has 3 heteroatoms. The van der Waals surface area contributed by atoms with Crippen LogP contribution in [0.15, 0.2) is 0 Å². The Morgan fingerprint density at radius 2 is 0.962 bits per heavy atom. The minimum Gasteiger partial charge on any atom is -0.462 e. The second-order valence-corrected chi connectivity index (χ2v) is 20.5. The molecule has 3 nitrogen and oxygen atoms in total. The van der Waals surface area contributed by atoms with E-state index < -0.39 is 0 Å². The van der Waals surface area contributed by atoms with Crippen LogP contribution < -0.4 is 0 Å². The Morgan fingerprint density at radius 1 is 0.538 bits per heavy atom. The molecule has 0 N–H and O–H groups in total. The first-order chi connectivity index (χ1) is 25.3. The highest BCUT2D eigenvalue weighted by Crippen LogP contribution is 2.58. The summed E-state index contributed by atoms with van der Waals surface area (Å²) in [7, 11) is 4.17. The van der Waals surface area contributed by atoms with E-state index in [0.717, 1.165) is 90.9 Å². The molecule has 0 aromatic carbocycles. The van der Waals surface area contributed by atoms with E-state index in [9.17, 15) is 4.79 Å². The smallest absolute Gasteiger partial charge is 0.306 e. The number of rotatable bonds is 34. The lowest BCUT2D eigenvalue weighted by atomic mass is 9.95. The molecule has 12 atom stereocenters. The quantitative estimate of drug-likeness (QED) is 0.0489. The molecule has 12 unspecified atom stereocenters. The molecule has 5 aliphatic carbocycles. The first-order valence-electron chi connectivity index (χ1n) is 24.2. The third-order valence-electron chi connectivity index (χ3n) is 15.1. The van der Waals surface area contributed by atoms with Gasteiger partial charge in [-0.2, -0.15) is 0 Å². The first kappa shape index (κ1) is 42.6. The van der Waals surface area contributed by atoms with Crippen LogP contribution in [0.1, 0.15) is 213 Å². The van der Waals surface area contributed by atoms with Crippen LogP contribution in [0.25, 0.3) is 0 Å². The Morgan fingerprint density at radius 3 is 1.48 bits per heavy atom. The van der Waals surface area contributed by atoms with Gasteiger partial charge in [0, 0.05) is 6.42 Å². The number of unbranched alkanes of at least 4 members (excludes halogenated alkanes) is 9. The van der Waals surface area contributed by atoms with Crippen LogP contribution in [0.2, 0.25) is 0 Å². The number of esters is 1. The van der Waals surface area contributed by atoms with Crippen molar-refractivity contribution in [2.24, 2.45) is 65.1 Å². The molecule has 5 saturated carbocycles. The largest absolute Gasteiger partial charge is 0.462 e. The summed E-state index contributed by atoms with van der Waals surface area (Å²) in [5, 5.41) is 0. The van der Waals surface area contributed by atoms with E-state index in [1.54, 1.807) is 44.9 Å². The molecule has 0 saturated heterocycles. The maximum Gasteiger partial charge on any atom is 0.306 e. The molecule has 0 aromatic heterocycles. The third-order valence-corrected chi connectivity index (χ3v) is 15.1. The number of hydrogen-bond donors (Lipinski definition) is 0. The molecule has 0 bridgehead atoms. The predicted molar refractivity (Wildman–Crippen MR) is 222 cm³/mol. The molecule has 0 heterocycles. The molecular weight excluding hydrogens is 635 g/mol. The minimum absolute atomic E-state index is 0.0423. The molecule has 0 aromatic rings. The third kappa shape index (κ3) is 17.1. The van der Waals surface area contributed by atoms with Crippen molar-refractivity contribution < 1.29 is 9.53 Å². The van der Waals surface area contributed by atoms with Crippen LogP contribution in [0.3, 0.4) is 0 Å². The number of carbonyl (C=O) groups is 1. The molecule has 0 radical (unpaired) electrons. The summed E-state index contributed by atoms with van der Waals surface area (Å²) in [6, 6.07) is 0. The monoisotopic (exact) mass is 724 g/mol. The van der Waals surface area contributed by atoms with Crippen molar-refractivity contribution in [1.29, 1.82) is 0 Å². The summed E-state index contributed by atoms with van der Waals surface area (Å²) in [6.45, 7) is 8.15. The summed E-state index contributed by atoms with van der Waals surface area (Å²) < 4.78 is 6.12. The second-order valence-electron chi connectivity index (χ2n) is 20.5. The van der Waals surface area contributed by atoms with Crippen LogP contribution in [-0.4, -0.2) is 37.6 Å². The molecule has 5 aliphatic rings. The van der Waals surface area contributed by atoms with E-state index in [4.69, 9.17) is 4.74 Å². The van der Waals surface area contributed by atoms with Crippen molar-refractivity contribution in [3.63, 3.8) is 0 Å². The summed E-state index contributed by atoms with van der Waals surface area (Å²) >= 11 is 0. The molecule has 0 spiro atoms. The maximum atomic E-state index is 12.7. The number of nitrogens with zero attached hydrogens (tertiary/aromatic N) is 1. The molecule has 5 rings (SSSR count). The highest BCUT2D eigenvalue weighted by atomic mass is 16.5. The summed E-state index contributed by atoms with van der Waals surface area (Å²) in [4.78, 5) is 14.9. The SMILES string of the molecule is CCCCCC1CC1CC1CC1CC(C)CCCCCCC(CCCCCC1CC1CC1CC1CC1CC1CCCCC)OC(=O)CCCN(C)C. The Labute approximate surface area is 324 Å². The van der Waals surface area contributed by atoms with Gasteiger partial charge in [-0.15, -0.1) is 0 Å². The van der Waals surface area contributed by atoms with E-state index in [0.29, 0.717) is 6.42 Å². The molecule has 5 fully saturated rings. The Bertz CT molecular complexity index is 978. The number of carbonyl (C=O) groups excluding carboxylic acids is 1. The lowest BCUT2D eigenvalue weighted by Gasteiger charge is -2.19. The van der Waals surface area contributed by atoms with E-state index in [1.165, 1.54) is 122 Å². The van der Waals surface area contributed by atoms with Gasteiger partial charge in [0.1, 0.15) is 6.10 Å². The highest BCUT2D eigenvalue weighted by Gasteiger charge is 2.48. The molecule has 302 valence electrons. The number of hydrogen-bond acceptors (Lipinski definition) is 3. The van der Waals surface area contributed by atoms with E-state index in [1.807, 2.05) is 0 Å². The van der Waals surface area contributed by atoms with Crippen LogP contribution in [0.4, 0.5) is 0 Å². The number of ether oxygens (including phenoxy) is 1. The standard InChI is InChI=1S/C49H89NO2/c1-6-8-13-21-38-29-42(38)33-45-32-41(45)28-37(3)20-15-10-11-17-24-48(52-49(51)26-19-27-50(4)5)25-18-12-16-23-40-31-44(40)35-47-36-46(47)34-43-30-39(43)22-14-9-7-2/h37-48H,6-36H2,1-5H3. The lowest BCUT2D eigenvalue weighted by molar-refractivity contribution is -0.150. The second kappa shape index (κ2) is 22.9. The fourth-order valence-electron chi connectivity index (χ4n) is 11.0. The van der Waals surface area contributed by atoms with Gasteiger partial charge in [0.05, 0.1) is 0 Å². The van der Waals surface area contributed by atoms with Gasteiger partial charge in [-0.1, -0.05) is 117 Å². The van der Waals surface area contributed by atoms with Crippen LogP contribution in [-0.2, 0) is 9.53 Å². The van der Waals surface area contributed by atoms with Gasteiger partial charge < -0.3 is 9.64 Å². The Hall–Kier alpha value is -0.570. The van der Waals surface area contributed by atoms with Gasteiger partial charge in [0.15, 0.2) is 0 Å². The highest BCUT2D eigenvalue weighted by molar-refractivity contribution is 5.69. The zero-order valence-electron chi connectivity index (χ0n) is 35.6. The average Bonchev–Trinajstić information content (AvgIpc) is 3.86. The Balaban J connectivity index is 0.860. The lowest BCUT2D eigenvalue weighted by Crippen LogP contribution is -2.20. The van der Waals surface area contributed by atoms with Crippen molar-refractivity contribution in [1.82, 2.24) is 4.90 Å². The van der Waals surface area contributed by atoms with Crippen LogP contribution in [0, 0.1) is 65.1 Å². The van der Waals surface area contributed by atoms with Crippen LogP contribution >= 0.6 is 0 Å². The predicted octanol–water partition coefficient (Wildman–Crippen LogP) is 14.1. The van der Waals surface area contributed by atoms with Crippen molar-refractivity contribution in [2.45, 2.75) is 219 Å². The van der Waals surface area contributed by atoms with Gasteiger partial charge in [-0.05, 0) is 176 Å². The average molecular weight is 724 g/mol. The molecular formula is C49H89NO2. The van der Waals surface area contributed by atoms with Gasteiger partial charge >= 0.3 is 5.97 Å². The zero-order valence-corrected chi connectivity index (χ0v) is 35.6. The summed E-state index contributed by atoms with van der Waals surface area (Å²) in [6.07, 6.45) is 41.5. The summed E-state index contributed by atoms with van der Waals surface area (Å²) in [5.41, 5.74) is 0. The summed E-state index contributed by atoms with van der Waals surface area (Å²) in [5.74, 6) is 11.9. The van der Waals surface area contributed by atoms with Crippen molar-refractivity contribution in [3.8, 4) is 0 Å².